The van der Waals surface area contributed by atoms with Gasteiger partial charge in [-0.15, -0.1) is 11.3 Å². The molecule has 2 aromatic heterocycles. The van der Waals surface area contributed by atoms with Gasteiger partial charge in [0.05, 0.1) is 24.5 Å². The monoisotopic (exact) mass is 455 g/mol. The first-order valence-electron chi connectivity index (χ1n) is 10.8. The van der Waals surface area contributed by atoms with Gasteiger partial charge in [-0.3, -0.25) is 4.79 Å². The number of benzene rings is 1. The number of aromatic nitrogens is 2. The maximum atomic E-state index is 13.1. The van der Waals surface area contributed by atoms with Gasteiger partial charge in [0.2, 0.25) is 0 Å². The summed E-state index contributed by atoms with van der Waals surface area (Å²) in [6, 6.07) is 5.57. The number of nitrogens with one attached hydrogen (secondary N) is 1. The summed E-state index contributed by atoms with van der Waals surface area (Å²) < 4.78 is 10.7. The number of hydrogen-bond acceptors (Lipinski definition) is 8. The standard InChI is InChI=1S/C23H29N5O3S/c1-5-27-8-10-28(11-9-27)21-19-15(2)20(32-23(19)26-14-25-21)22(29)24-13-16-6-7-17(30-3)12-18(16)31-4/h6-7,12,14H,5,8-11,13H2,1-4H3,(H,24,29). The fourth-order valence-corrected chi connectivity index (χ4v) is 5.10. The first-order chi connectivity index (χ1) is 15.5. The van der Waals surface area contributed by atoms with Crippen molar-refractivity contribution in [2.45, 2.75) is 20.4 Å². The van der Waals surface area contributed by atoms with Gasteiger partial charge in [-0.1, -0.05) is 6.92 Å². The number of methoxy groups -OCH3 is 2. The Bertz CT molecular complexity index is 1110. The Morgan fingerprint density at radius 2 is 1.94 bits per heavy atom. The quantitative estimate of drug-likeness (QED) is 0.586. The number of thiophene rings is 1. The molecule has 1 aliphatic rings. The van der Waals surface area contributed by atoms with Crippen LogP contribution in [0.15, 0.2) is 24.5 Å². The summed E-state index contributed by atoms with van der Waals surface area (Å²) in [5.74, 6) is 2.20. The van der Waals surface area contributed by atoms with Crippen LogP contribution in [0.4, 0.5) is 5.82 Å². The molecule has 1 saturated heterocycles. The third-order valence-electron chi connectivity index (χ3n) is 5.97. The number of ether oxygens (including phenoxy) is 2. The number of carbonyl (C=O) groups is 1. The van der Waals surface area contributed by atoms with Crippen LogP contribution in [0, 0.1) is 6.92 Å². The van der Waals surface area contributed by atoms with Gasteiger partial charge in [0.25, 0.3) is 5.91 Å². The molecule has 0 saturated carbocycles. The average Bonchev–Trinajstić information content (AvgIpc) is 3.19. The van der Waals surface area contributed by atoms with E-state index >= 15 is 0 Å². The lowest BCUT2D eigenvalue weighted by Gasteiger charge is -2.35. The van der Waals surface area contributed by atoms with E-state index in [4.69, 9.17) is 9.47 Å². The summed E-state index contributed by atoms with van der Waals surface area (Å²) in [4.78, 5) is 28.4. The zero-order valence-corrected chi connectivity index (χ0v) is 19.8. The Hall–Kier alpha value is -2.91. The molecular weight excluding hydrogens is 426 g/mol. The molecule has 0 spiro atoms. The van der Waals surface area contributed by atoms with Crippen LogP contribution in [0.25, 0.3) is 10.2 Å². The van der Waals surface area contributed by atoms with Gasteiger partial charge in [0.1, 0.15) is 28.5 Å². The Morgan fingerprint density at radius 1 is 1.16 bits per heavy atom. The van der Waals surface area contributed by atoms with Gasteiger partial charge in [0, 0.05) is 44.4 Å². The average molecular weight is 456 g/mol. The Kier molecular flexibility index (Phi) is 6.76. The van der Waals surface area contributed by atoms with Crippen LogP contribution in [0.1, 0.15) is 27.7 Å². The summed E-state index contributed by atoms with van der Waals surface area (Å²) in [5, 5.41) is 4.00. The maximum absolute atomic E-state index is 13.1. The van der Waals surface area contributed by atoms with Crippen LogP contribution in [0.3, 0.4) is 0 Å². The molecule has 32 heavy (non-hydrogen) atoms. The molecule has 4 rings (SSSR count). The summed E-state index contributed by atoms with van der Waals surface area (Å²) >= 11 is 1.41. The molecule has 1 amide bonds. The topological polar surface area (TPSA) is 79.8 Å². The number of anilines is 1. The third-order valence-corrected chi connectivity index (χ3v) is 7.16. The van der Waals surface area contributed by atoms with Gasteiger partial charge in [0.15, 0.2) is 0 Å². The van der Waals surface area contributed by atoms with Crippen LogP contribution in [-0.2, 0) is 6.54 Å². The van der Waals surface area contributed by atoms with Crippen molar-refractivity contribution in [3.05, 3.63) is 40.5 Å². The van der Waals surface area contributed by atoms with E-state index in [0.717, 1.165) is 59.9 Å². The first kappa shape index (κ1) is 22.3. The van der Waals surface area contributed by atoms with E-state index in [1.807, 2.05) is 25.1 Å². The molecule has 3 heterocycles. The molecule has 1 aliphatic heterocycles. The number of aryl methyl sites for hydroxylation is 1. The summed E-state index contributed by atoms with van der Waals surface area (Å²) in [6.07, 6.45) is 1.60. The van der Waals surface area contributed by atoms with E-state index in [0.29, 0.717) is 22.9 Å². The van der Waals surface area contributed by atoms with Gasteiger partial charge >= 0.3 is 0 Å². The van der Waals surface area contributed by atoms with Crippen LogP contribution in [-0.4, -0.2) is 67.7 Å². The molecule has 1 N–H and O–H groups in total. The lowest BCUT2D eigenvalue weighted by atomic mass is 10.1. The number of amides is 1. The van der Waals surface area contributed by atoms with Crippen molar-refractivity contribution in [3.63, 3.8) is 0 Å². The molecule has 8 nitrogen and oxygen atoms in total. The van der Waals surface area contributed by atoms with Crippen molar-refractivity contribution in [1.29, 1.82) is 0 Å². The molecular formula is C23H29N5O3S. The van der Waals surface area contributed by atoms with Gasteiger partial charge < -0.3 is 24.6 Å². The van der Waals surface area contributed by atoms with E-state index in [9.17, 15) is 4.79 Å². The fourth-order valence-electron chi connectivity index (χ4n) is 4.04. The molecule has 0 atom stereocenters. The van der Waals surface area contributed by atoms with E-state index in [-0.39, 0.29) is 5.91 Å². The van der Waals surface area contributed by atoms with Crippen molar-refractivity contribution >= 4 is 33.3 Å². The second-order valence-corrected chi connectivity index (χ2v) is 8.71. The highest BCUT2D eigenvalue weighted by atomic mass is 32.1. The molecule has 1 fully saturated rings. The molecule has 1 aromatic carbocycles. The number of fused-ring (bicyclic) bond motifs is 1. The highest BCUT2D eigenvalue weighted by molar-refractivity contribution is 7.20. The number of hydrogen-bond donors (Lipinski definition) is 1. The number of nitrogens with zero attached hydrogens (tertiary/aromatic N) is 4. The van der Waals surface area contributed by atoms with Crippen molar-refractivity contribution < 1.29 is 14.3 Å². The van der Waals surface area contributed by atoms with Crippen molar-refractivity contribution in [2.24, 2.45) is 0 Å². The number of rotatable bonds is 7. The minimum atomic E-state index is -0.120. The molecule has 0 aliphatic carbocycles. The Morgan fingerprint density at radius 3 is 2.62 bits per heavy atom. The number of likely N-dealkylation sites (N-methyl/N-ethyl adjacent to an activating group) is 1. The van der Waals surface area contributed by atoms with Crippen LogP contribution in [0.5, 0.6) is 11.5 Å². The second kappa shape index (κ2) is 9.70. The van der Waals surface area contributed by atoms with E-state index < -0.39 is 0 Å². The predicted octanol–water partition coefficient (Wildman–Crippen LogP) is 3.09. The van der Waals surface area contributed by atoms with Crippen molar-refractivity contribution in [1.82, 2.24) is 20.2 Å². The van der Waals surface area contributed by atoms with E-state index in [2.05, 4.69) is 32.0 Å². The molecule has 0 radical (unpaired) electrons. The summed E-state index contributed by atoms with van der Waals surface area (Å²) in [7, 11) is 3.22. The van der Waals surface area contributed by atoms with Crippen LogP contribution in [0.2, 0.25) is 0 Å². The van der Waals surface area contributed by atoms with Gasteiger partial charge in [-0.2, -0.15) is 0 Å². The molecule has 9 heteroatoms. The molecule has 0 bridgehead atoms. The van der Waals surface area contributed by atoms with Gasteiger partial charge in [-0.25, -0.2) is 9.97 Å². The minimum Gasteiger partial charge on any atom is -0.497 e. The summed E-state index contributed by atoms with van der Waals surface area (Å²) in [6.45, 7) is 9.47. The summed E-state index contributed by atoms with van der Waals surface area (Å²) in [5.41, 5.74) is 1.81. The SMILES string of the molecule is CCN1CCN(c2ncnc3sc(C(=O)NCc4ccc(OC)cc4OC)c(C)c23)CC1. The lowest BCUT2D eigenvalue weighted by molar-refractivity contribution is 0.0954. The predicted molar refractivity (Wildman–Crippen MR) is 127 cm³/mol. The number of piperazine rings is 1. The zero-order chi connectivity index (χ0) is 22.7. The van der Waals surface area contributed by atoms with Crippen molar-refractivity contribution in [3.8, 4) is 11.5 Å². The number of carbonyl (C=O) groups excluding carboxylic acids is 1. The fraction of sp³-hybridized carbons (Fsp3) is 0.435. The molecule has 3 aromatic rings. The first-order valence-corrected chi connectivity index (χ1v) is 11.6. The largest absolute Gasteiger partial charge is 0.497 e. The minimum absolute atomic E-state index is 0.120. The Balaban J connectivity index is 1.55. The zero-order valence-electron chi connectivity index (χ0n) is 19.0. The van der Waals surface area contributed by atoms with E-state index in [1.54, 1.807) is 20.5 Å². The van der Waals surface area contributed by atoms with Crippen molar-refractivity contribution in [2.75, 3.05) is 51.8 Å². The normalized spacial score (nSPS) is 14.6. The van der Waals surface area contributed by atoms with Crippen LogP contribution >= 0.6 is 11.3 Å². The smallest absolute Gasteiger partial charge is 0.261 e. The highest BCUT2D eigenvalue weighted by Gasteiger charge is 2.24. The second-order valence-electron chi connectivity index (χ2n) is 7.72. The highest BCUT2D eigenvalue weighted by Crippen LogP contribution is 2.35. The maximum Gasteiger partial charge on any atom is 0.261 e. The molecule has 170 valence electrons. The lowest BCUT2D eigenvalue weighted by Crippen LogP contribution is -2.46. The van der Waals surface area contributed by atoms with E-state index in [1.165, 1.54) is 11.3 Å². The molecule has 0 unspecified atom stereocenters. The van der Waals surface area contributed by atoms with Gasteiger partial charge in [-0.05, 0) is 31.2 Å². The third kappa shape index (κ3) is 4.35. The Labute approximate surface area is 192 Å². The van der Waals surface area contributed by atoms with Crippen LogP contribution < -0.4 is 19.7 Å².